The van der Waals surface area contributed by atoms with Crippen LogP contribution in [0.25, 0.3) is 0 Å². The number of carbonyl (C=O) groups is 2. The van der Waals surface area contributed by atoms with E-state index in [9.17, 15) is 38.1 Å². The smallest absolute Gasteiger partial charge is 0.416 e. The van der Waals surface area contributed by atoms with Gasteiger partial charge in [-0.05, 0) is 68.4 Å². The van der Waals surface area contributed by atoms with Gasteiger partial charge < -0.3 is 20.1 Å². The van der Waals surface area contributed by atoms with Crippen LogP contribution in [-0.4, -0.2) is 52.5 Å². The van der Waals surface area contributed by atoms with Gasteiger partial charge in [-0.3, -0.25) is 4.79 Å². The van der Waals surface area contributed by atoms with E-state index >= 15 is 0 Å². The van der Waals surface area contributed by atoms with Crippen molar-refractivity contribution in [1.29, 1.82) is 0 Å². The quantitative estimate of drug-likeness (QED) is 0.200. The summed E-state index contributed by atoms with van der Waals surface area (Å²) in [6.07, 6.45) is -0.624. The monoisotopic (exact) mass is 502 g/mol. The predicted molar refractivity (Wildman–Crippen MR) is 123 cm³/mol. The van der Waals surface area contributed by atoms with Gasteiger partial charge in [-0.25, -0.2) is 4.79 Å². The number of rotatable bonds is 14. The maximum Gasteiger partial charge on any atom is 0.416 e. The Bertz CT molecular complexity index is 813. The lowest BCUT2D eigenvalue weighted by Crippen LogP contribution is -2.24. The zero-order valence-electron chi connectivity index (χ0n) is 20.2. The van der Waals surface area contributed by atoms with Crippen molar-refractivity contribution in [3.05, 3.63) is 35.4 Å². The molecule has 6 nitrogen and oxygen atoms in total. The number of benzene rings is 1. The van der Waals surface area contributed by atoms with Crippen molar-refractivity contribution >= 4 is 11.8 Å². The van der Waals surface area contributed by atoms with Crippen molar-refractivity contribution in [2.24, 2.45) is 11.8 Å². The second-order valence-corrected chi connectivity index (χ2v) is 9.53. The van der Waals surface area contributed by atoms with Crippen LogP contribution in [-0.2, 0) is 26.9 Å². The number of alkyl halides is 3. The molecule has 35 heavy (non-hydrogen) atoms. The minimum absolute atomic E-state index is 0.0858. The van der Waals surface area contributed by atoms with Gasteiger partial charge in [0.1, 0.15) is 0 Å². The first-order valence-corrected chi connectivity index (χ1v) is 12.3. The molecular weight excluding hydrogens is 465 g/mol. The van der Waals surface area contributed by atoms with E-state index in [4.69, 9.17) is 0 Å². The maximum atomic E-state index is 12.9. The molecule has 5 atom stereocenters. The van der Waals surface area contributed by atoms with Crippen LogP contribution in [0.2, 0.25) is 0 Å². The highest BCUT2D eigenvalue weighted by Crippen LogP contribution is 2.39. The molecule has 0 amide bonds. The highest BCUT2D eigenvalue weighted by Gasteiger charge is 2.40. The first-order valence-electron chi connectivity index (χ1n) is 12.3. The fraction of sp³-hybridized carbons (Fsp3) is 0.692. The lowest BCUT2D eigenvalue weighted by molar-refractivity contribution is -0.151. The zero-order chi connectivity index (χ0) is 26.0. The molecule has 0 heterocycles. The number of aliphatic hydroxyl groups is 3. The van der Waals surface area contributed by atoms with Gasteiger partial charge in [0.05, 0.1) is 31.0 Å². The molecular formula is C26H37F3O6. The molecule has 1 unspecified atom stereocenters. The summed E-state index contributed by atoms with van der Waals surface area (Å²) in [6, 6.07) is 5.10. The number of methoxy groups -OCH3 is 1. The Labute approximate surface area is 204 Å². The largest absolute Gasteiger partial charge is 0.463 e. The van der Waals surface area contributed by atoms with Crippen LogP contribution in [0, 0.1) is 11.8 Å². The van der Waals surface area contributed by atoms with Crippen LogP contribution in [0.1, 0.15) is 75.3 Å². The lowest BCUT2D eigenvalue weighted by atomic mass is 9.84. The molecule has 1 aromatic carbocycles. The van der Waals surface area contributed by atoms with E-state index in [0.717, 1.165) is 31.4 Å². The molecule has 1 aliphatic carbocycles. The van der Waals surface area contributed by atoms with Gasteiger partial charge in [0, 0.05) is 6.42 Å². The molecule has 1 aliphatic rings. The molecule has 1 fully saturated rings. The van der Waals surface area contributed by atoms with Gasteiger partial charge in [-0.1, -0.05) is 37.5 Å². The number of aliphatic hydroxyl groups excluding tert-OH is 3. The van der Waals surface area contributed by atoms with Crippen LogP contribution in [0.4, 0.5) is 13.2 Å². The van der Waals surface area contributed by atoms with Crippen LogP contribution in [0.15, 0.2) is 24.3 Å². The van der Waals surface area contributed by atoms with Gasteiger partial charge in [0.25, 0.3) is 0 Å². The first kappa shape index (κ1) is 29.3. The molecule has 0 saturated heterocycles. The maximum absolute atomic E-state index is 12.9. The Kier molecular flexibility index (Phi) is 11.7. The topological polar surface area (TPSA) is 104 Å². The average Bonchev–Trinajstić information content (AvgIpc) is 3.09. The van der Waals surface area contributed by atoms with Crippen LogP contribution < -0.4 is 0 Å². The van der Waals surface area contributed by atoms with E-state index in [1.54, 1.807) is 6.07 Å². The number of ether oxygens (including phenoxy) is 1. The molecule has 1 saturated carbocycles. The SMILES string of the molecule is COC(=O)C(=O)CCCCCC[C@@H]1C(CC[C@@H](O)CCc2cccc(C(F)(F)F)c2)[C@H](O)C[C@@H]1O. The predicted octanol–water partition coefficient (Wildman–Crippen LogP) is 4.22. The third-order valence-electron chi connectivity index (χ3n) is 6.98. The van der Waals surface area contributed by atoms with Gasteiger partial charge >= 0.3 is 12.1 Å². The number of hydrogen-bond acceptors (Lipinski definition) is 6. The number of Topliss-reactive ketones (excluding diaryl/α,β-unsaturated/α-hetero) is 1. The standard InChI is InChI=1S/C26H37F3O6/c1-35-25(34)22(31)10-5-3-2-4-9-20-21(24(33)16-23(20)32)14-13-19(30)12-11-17-7-6-8-18(15-17)26(27,28)29/h6-8,15,19-21,23-24,30,32-33H,2-5,9-14,16H2,1H3/t19-,20+,21?,23-,24+/m0/s1. The summed E-state index contributed by atoms with van der Waals surface area (Å²) in [5.74, 6) is -1.59. The highest BCUT2D eigenvalue weighted by atomic mass is 19.4. The Morgan fingerprint density at radius 3 is 2.34 bits per heavy atom. The van der Waals surface area contributed by atoms with E-state index < -0.39 is 41.8 Å². The van der Waals surface area contributed by atoms with Gasteiger partial charge in [-0.15, -0.1) is 0 Å². The van der Waals surface area contributed by atoms with E-state index in [1.807, 2.05) is 0 Å². The van der Waals surface area contributed by atoms with E-state index in [0.29, 0.717) is 50.5 Å². The second-order valence-electron chi connectivity index (χ2n) is 9.53. The summed E-state index contributed by atoms with van der Waals surface area (Å²) >= 11 is 0. The fourth-order valence-electron chi connectivity index (χ4n) is 4.98. The van der Waals surface area contributed by atoms with Gasteiger partial charge in [0.15, 0.2) is 0 Å². The molecule has 0 bridgehead atoms. The molecule has 0 aromatic heterocycles. The van der Waals surface area contributed by atoms with Crippen LogP contribution >= 0.6 is 0 Å². The van der Waals surface area contributed by atoms with Crippen molar-refractivity contribution < 1.29 is 42.8 Å². The number of unbranched alkanes of at least 4 members (excludes halogenated alkanes) is 3. The van der Waals surface area contributed by atoms with Crippen LogP contribution in [0.5, 0.6) is 0 Å². The number of esters is 1. The Balaban J connectivity index is 1.73. The highest BCUT2D eigenvalue weighted by molar-refractivity contribution is 6.33. The minimum Gasteiger partial charge on any atom is -0.463 e. The number of aryl methyl sites for hydroxylation is 1. The van der Waals surface area contributed by atoms with Crippen molar-refractivity contribution in [3.8, 4) is 0 Å². The first-order chi connectivity index (χ1) is 16.5. The van der Waals surface area contributed by atoms with Gasteiger partial charge in [0.2, 0.25) is 5.78 Å². The molecule has 1 aromatic rings. The van der Waals surface area contributed by atoms with E-state index in [-0.39, 0.29) is 18.3 Å². The number of carbonyl (C=O) groups excluding carboxylic acids is 2. The number of ketones is 1. The van der Waals surface area contributed by atoms with Crippen LogP contribution in [0.3, 0.4) is 0 Å². The molecule has 0 radical (unpaired) electrons. The Hall–Kier alpha value is -1.97. The summed E-state index contributed by atoms with van der Waals surface area (Å²) in [5.41, 5.74) is -0.188. The van der Waals surface area contributed by atoms with E-state index in [1.165, 1.54) is 13.2 Å². The summed E-state index contributed by atoms with van der Waals surface area (Å²) in [6.45, 7) is 0. The lowest BCUT2D eigenvalue weighted by Gasteiger charge is -2.24. The van der Waals surface area contributed by atoms with Crippen molar-refractivity contribution in [1.82, 2.24) is 0 Å². The molecule has 198 valence electrons. The fourth-order valence-corrected chi connectivity index (χ4v) is 4.98. The third-order valence-corrected chi connectivity index (χ3v) is 6.98. The molecule has 9 heteroatoms. The third kappa shape index (κ3) is 9.54. The Morgan fingerprint density at radius 1 is 1.03 bits per heavy atom. The number of hydrogen-bond donors (Lipinski definition) is 3. The van der Waals surface area contributed by atoms with Crippen molar-refractivity contribution in [2.75, 3.05) is 7.11 Å². The second kappa shape index (κ2) is 13.9. The molecule has 2 rings (SSSR count). The molecule has 0 spiro atoms. The minimum atomic E-state index is -4.40. The summed E-state index contributed by atoms with van der Waals surface area (Å²) in [7, 11) is 1.17. The molecule has 0 aliphatic heterocycles. The number of halogens is 3. The summed E-state index contributed by atoms with van der Waals surface area (Å²) in [4.78, 5) is 22.5. The Morgan fingerprint density at radius 2 is 1.69 bits per heavy atom. The van der Waals surface area contributed by atoms with Gasteiger partial charge in [-0.2, -0.15) is 13.2 Å². The molecule has 3 N–H and O–H groups in total. The zero-order valence-corrected chi connectivity index (χ0v) is 20.2. The average molecular weight is 503 g/mol. The normalized spacial score (nSPS) is 23.3. The summed E-state index contributed by atoms with van der Waals surface area (Å²) < 4.78 is 43.0. The van der Waals surface area contributed by atoms with E-state index in [2.05, 4.69) is 4.74 Å². The van der Waals surface area contributed by atoms with Crippen molar-refractivity contribution in [2.45, 2.75) is 95.1 Å². The van der Waals surface area contributed by atoms with Crippen molar-refractivity contribution in [3.63, 3.8) is 0 Å². The summed E-state index contributed by atoms with van der Waals surface area (Å²) in [5, 5.41) is 31.2.